The molecule has 1 fully saturated rings. The molecule has 1 N–H and O–H groups in total. The predicted octanol–water partition coefficient (Wildman–Crippen LogP) is 2.00. The van der Waals surface area contributed by atoms with Crippen molar-refractivity contribution in [3.05, 3.63) is 41.9 Å². The molecule has 1 saturated heterocycles. The molecule has 0 radical (unpaired) electrons. The van der Waals surface area contributed by atoms with E-state index in [1.165, 1.54) is 11.3 Å². The summed E-state index contributed by atoms with van der Waals surface area (Å²) in [6, 6.07) is 1.98. The summed E-state index contributed by atoms with van der Waals surface area (Å²) in [7, 11) is 0. The SMILES string of the molecule is CCN1CCC(NC(=O)c2csc(-c3cnn(-c4ncccn4)c3)n2)CC1. The first-order valence-electron chi connectivity index (χ1n) is 9.04. The number of thiazole rings is 1. The Morgan fingerprint density at radius 3 is 2.81 bits per heavy atom. The lowest BCUT2D eigenvalue weighted by Crippen LogP contribution is -2.44. The van der Waals surface area contributed by atoms with E-state index in [2.05, 4.69) is 37.2 Å². The molecule has 4 heterocycles. The number of piperidine rings is 1. The van der Waals surface area contributed by atoms with Crippen molar-refractivity contribution >= 4 is 17.2 Å². The summed E-state index contributed by atoms with van der Waals surface area (Å²) in [5, 5.41) is 9.94. The Labute approximate surface area is 161 Å². The van der Waals surface area contributed by atoms with Crippen LogP contribution in [0.1, 0.15) is 30.3 Å². The lowest BCUT2D eigenvalue weighted by molar-refractivity contribution is 0.0908. The van der Waals surface area contributed by atoms with Crippen molar-refractivity contribution < 1.29 is 4.79 Å². The number of amides is 1. The fourth-order valence-corrected chi connectivity index (χ4v) is 3.89. The van der Waals surface area contributed by atoms with Crippen molar-refractivity contribution in [2.24, 2.45) is 0 Å². The smallest absolute Gasteiger partial charge is 0.270 e. The van der Waals surface area contributed by atoms with Crippen molar-refractivity contribution in [3.63, 3.8) is 0 Å². The maximum Gasteiger partial charge on any atom is 0.270 e. The molecule has 0 aromatic carbocycles. The van der Waals surface area contributed by atoms with Crippen LogP contribution in [0.25, 0.3) is 16.5 Å². The van der Waals surface area contributed by atoms with E-state index in [0.717, 1.165) is 43.0 Å². The third-order valence-electron chi connectivity index (χ3n) is 4.69. The quantitative estimate of drug-likeness (QED) is 0.725. The first-order valence-corrected chi connectivity index (χ1v) is 9.92. The molecule has 0 unspecified atom stereocenters. The number of hydrogen-bond donors (Lipinski definition) is 1. The molecule has 1 aliphatic rings. The molecule has 9 heteroatoms. The zero-order chi connectivity index (χ0) is 18.6. The van der Waals surface area contributed by atoms with E-state index >= 15 is 0 Å². The van der Waals surface area contributed by atoms with Crippen LogP contribution in [-0.4, -0.2) is 61.2 Å². The van der Waals surface area contributed by atoms with Crippen LogP contribution in [0.15, 0.2) is 36.2 Å². The van der Waals surface area contributed by atoms with E-state index in [1.54, 1.807) is 34.7 Å². The molecule has 0 atom stereocenters. The third kappa shape index (κ3) is 4.04. The molecule has 4 rings (SSSR count). The summed E-state index contributed by atoms with van der Waals surface area (Å²) in [5.74, 6) is 0.392. The Morgan fingerprint density at radius 2 is 2.07 bits per heavy atom. The highest BCUT2D eigenvalue weighted by molar-refractivity contribution is 7.13. The molecule has 1 amide bonds. The minimum absolute atomic E-state index is 0.105. The number of hydrogen-bond acceptors (Lipinski definition) is 7. The third-order valence-corrected chi connectivity index (χ3v) is 5.58. The van der Waals surface area contributed by atoms with Gasteiger partial charge in [0.2, 0.25) is 5.95 Å². The van der Waals surface area contributed by atoms with Gasteiger partial charge in [0.25, 0.3) is 5.91 Å². The second-order valence-corrected chi connectivity index (χ2v) is 7.30. The van der Waals surface area contributed by atoms with Gasteiger partial charge in [-0.3, -0.25) is 4.79 Å². The molecule has 3 aromatic heterocycles. The van der Waals surface area contributed by atoms with Crippen molar-refractivity contribution in [1.82, 2.24) is 34.9 Å². The summed E-state index contributed by atoms with van der Waals surface area (Å²) in [6.07, 6.45) is 8.83. The van der Waals surface area contributed by atoms with Crippen molar-refractivity contribution in [2.75, 3.05) is 19.6 Å². The Kier molecular flexibility index (Phi) is 5.21. The molecule has 0 spiro atoms. The Morgan fingerprint density at radius 1 is 1.30 bits per heavy atom. The van der Waals surface area contributed by atoms with Gasteiger partial charge < -0.3 is 10.2 Å². The molecule has 8 nitrogen and oxygen atoms in total. The molecule has 0 saturated carbocycles. The molecule has 3 aromatic rings. The van der Waals surface area contributed by atoms with Crippen LogP contribution in [-0.2, 0) is 0 Å². The van der Waals surface area contributed by atoms with Gasteiger partial charge in [0.05, 0.1) is 6.20 Å². The van der Waals surface area contributed by atoms with E-state index in [1.807, 2.05) is 6.20 Å². The van der Waals surface area contributed by atoms with Gasteiger partial charge in [0.15, 0.2) is 0 Å². The van der Waals surface area contributed by atoms with Crippen LogP contribution in [0, 0.1) is 0 Å². The van der Waals surface area contributed by atoms with E-state index in [0.29, 0.717) is 11.6 Å². The van der Waals surface area contributed by atoms with Crippen molar-refractivity contribution in [3.8, 4) is 16.5 Å². The molecule has 27 heavy (non-hydrogen) atoms. The number of nitrogens with zero attached hydrogens (tertiary/aromatic N) is 6. The Balaban J connectivity index is 1.41. The number of nitrogens with one attached hydrogen (secondary N) is 1. The number of aromatic nitrogens is 5. The van der Waals surface area contributed by atoms with Crippen LogP contribution >= 0.6 is 11.3 Å². The van der Waals surface area contributed by atoms with Gasteiger partial charge in [0, 0.05) is 48.7 Å². The van der Waals surface area contributed by atoms with Gasteiger partial charge in [-0.2, -0.15) is 5.10 Å². The topological polar surface area (TPSA) is 88.8 Å². The van der Waals surface area contributed by atoms with Gasteiger partial charge >= 0.3 is 0 Å². The first kappa shape index (κ1) is 17.7. The van der Waals surface area contributed by atoms with E-state index in [9.17, 15) is 4.79 Å². The van der Waals surface area contributed by atoms with Crippen molar-refractivity contribution in [1.29, 1.82) is 0 Å². The van der Waals surface area contributed by atoms with Crippen LogP contribution in [0.5, 0.6) is 0 Å². The summed E-state index contributed by atoms with van der Waals surface area (Å²) in [4.78, 5) is 27.7. The average Bonchev–Trinajstić information content (AvgIpc) is 3.39. The van der Waals surface area contributed by atoms with Crippen LogP contribution in [0.4, 0.5) is 0 Å². The monoisotopic (exact) mass is 383 g/mol. The van der Waals surface area contributed by atoms with Crippen molar-refractivity contribution in [2.45, 2.75) is 25.8 Å². The maximum absolute atomic E-state index is 12.5. The summed E-state index contributed by atoms with van der Waals surface area (Å²) >= 11 is 1.43. The highest BCUT2D eigenvalue weighted by atomic mass is 32.1. The van der Waals surface area contributed by atoms with Gasteiger partial charge in [-0.25, -0.2) is 19.6 Å². The van der Waals surface area contributed by atoms with Gasteiger partial charge in [-0.15, -0.1) is 11.3 Å². The minimum Gasteiger partial charge on any atom is -0.348 e. The molecule has 0 bridgehead atoms. The number of carbonyl (C=O) groups is 1. The molecular weight excluding hydrogens is 362 g/mol. The van der Waals surface area contributed by atoms with E-state index in [4.69, 9.17) is 0 Å². The highest BCUT2D eigenvalue weighted by Gasteiger charge is 2.21. The predicted molar refractivity (Wildman–Crippen MR) is 103 cm³/mol. The molecule has 140 valence electrons. The van der Waals surface area contributed by atoms with Crippen LogP contribution in [0.3, 0.4) is 0 Å². The lowest BCUT2D eigenvalue weighted by Gasteiger charge is -2.31. The summed E-state index contributed by atoms with van der Waals surface area (Å²) in [6.45, 7) is 5.30. The fourth-order valence-electron chi connectivity index (χ4n) is 3.12. The Bertz CT molecular complexity index is 899. The maximum atomic E-state index is 12.5. The van der Waals surface area contributed by atoms with Gasteiger partial charge in [0.1, 0.15) is 10.7 Å². The molecular formula is C18H21N7OS. The Hall–Kier alpha value is -2.65. The minimum atomic E-state index is -0.105. The summed E-state index contributed by atoms with van der Waals surface area (Å²) in [5.41, 5.74) is 1.29. The number of likely N-dealkylation sites (tertiary alicyclic amines) is 1. The zero-order valence-corrected chi connectivity index (χ0v) is 15.9. The highest BCUT2D eigenvalue weighted by Crippen LogP contribution is 2.24. The van der Waals surface area contributed by atoms with Crippen LogP contribution in [0.2, 0.25) is 0 Å². The zero-order valence-electron chi connectivity index (χ0n) is 15.1. The lowest BCUT2D eigenvalue weighted by atomic mass is 10.1. The standard InChI is InChI=1S/C18H21N7OS/c1-2-24-8-4-14(5-9-24)22-16(26)15-12-27-17(23-15)13-10-21-25(11-13)18-19-6-3-7-20-18/h3,6-7,10-12,14H,2,4-5,8-9H2,1H3,(H,22,26). The number of rotatable bonds is 5. The molecule has 0 aliphatic carbocycles. The number of carbonyl (C=O) groups excluding carboxylic acids is 1. The van der Waals surface area contributed by atoms with Gasteiger partial charge in [-0.1, -0.05) is 6.92 Å². The largest absolute Gasteiger partial charge is 0.348 e. The van der Waals surface area contributed by atoms with Crippen LogP contribution < -0.4 is 5.32 Å². The summed E-state index contributed by atoms with van der Waals surface area (Å²) < 4.78 is 1.60. The first-order chi connectivity index (χ1) is 13.2. The van der Waals surface area contributed by atoms with E-state index < -0.39 is 0 Å². The van der Waals surface area contributed by atoms with Gasteiger partial charge in [-0.05, 0) is 25.5 Å². The second-order valence-electron chi connectivity index (χ2n) is 6.44. The van der Waals surface area contributed by atoms with E-state index in [-0.39, 0.29) is 11.9 Å². The normalized spacial score (nSPS) is 15.7. The molecule has 1 aliphatic heterocycles. The fraction of sp³-hybridized carbons (Fsp3) is 0.389. The average molecular weight is 383 g/mol. The second kappa shape index (κ2) is 7.93.